The lowest BCUT2D eigenvalue weighted by atomic mass is 9.91. The van der Waals surface area contributed by atoms with Crippen LogP contribution < -0.4 is 0 Å². The van der Waals surface area contributed by atoms with E-state index in [4.69, 9.17) is 4.99 Å². The second-order valence-electron chi connectivity index (χ2n) is 7.15. The van der Waals surface area contributed by atoms with Gasteiger partial charge in [0.1, 0.15) is 5.78 Å². The Balaban J connectivity index is 3.34. The van der Waals surface area contributed by atoms with Gasteiger partial charge >= 0.3 is 0 Å². The van der Waals surface area contributed by atoms with E-state index in [-0.39, 0.29) is 11.7 Å². The molecule has 23 heavy (non-hydrogen) atoms. The van der Waals surface area contributed by atoms with Crippen molar-refractivity contribution in [3.8, 4) is 0 Å². The number of Topliss-reactive ketones (excluding diaryl/α,β-unsaturated/α-hetero) is 1. The SMILES string of the molecule is CCCCC(C(C)=O)C(C)=Nc1c(C(C)C)cccc1C(C)C. The highest BCUT2D eigenvalue weighted by atomic mass is 16.1. The molecule has 0 aromatic heterocycles. The van der Waals surface area contributed by atoms with Crippen molar-refractivity contribution >= 4 is 17.2 Å². The van der Waals surface area contributed by atoms with Crippen LogP contribution in [0.1, 0.15) is 90.7 Å². The minimum absolute atomic E-state index is 0.0461. The maximum atomic E-state index is 12.0. The van der Waals surface area contributed by atoms with Crippen LogP contribution in [-0.2, 0) is 4.79 Å². The fraction of sp³-hybridized carbons (Fsp3) is 0.619. The predicted octanol–water partition coefficient (Wildman–Crippen LogP) is 6.42. The van der Waals surface area contributed by atoms with E-state index in [0.717, 1.165) is 30.7 Å². The quantitative estimate of drug-likeness (QED) is 0.509. The van der Waals surface area contributed by atoms with Crippen LogP contribution in [0.2, 0.25) is 0 Å². The molecule has 128 valence electrons. The second kappa shape index (κ2) is 9.00. The third kappa shape index (κ3) is 5.30. The van der Waals surface area contributed by atoms with E-state index in [9.17, 15) is 4.79 Å². The molecule has 0 aliphatic rings. The smallest absolute Gasteiger partial charge is 0.138 e. The highest BCUT2D eigenvalue weighted by Gasteiger charge is 2.19. The minimum atomic E-state index is -0.0461. The minimum Gasteiger partial charge on any atom is -0.299 e. The van der Waals surface area contributed by atoms with Crippen molar-refractivity contribution in [1.29, 1.82) is 0 Å². The zero-order valence-electron chi connectivity index (χ0n) is 15.9. The third-order valence-corrected chi connectivity index (χ3v) is 4.47. The zero-order valence-corrected chi connectivity index (χ0v) is 15.9. The maximum Gasteiger partial charge on any atom is 0.138 e. The molecule has 0 saturated heterocycles. The lowest BCUT2D eigenvalue weighted by molar-refractivity contribution is -0.119. The summed E-state index contributed by atoms with van der Waals surface area (Å²) < 4.78 is 0. The van der Waals surface area contributed by atoms with Crippen molar-refractivity contribution in [1.82, 2.24) is 0 Å². The molecule has 0 radical (unpaired) electrons. The summed E-state index contributed by atoms with van der Waals surface area (Å²) in [6.45, 7) is 14.7. The normalized spacial score (nSPS) is 13.7. The third-order valence-electron chi connectivity index (χ3n) is 4.47. The first-order valence-electron chi connectivity index (χ1n) is 8.97. The van der Waals surface area contributed by atoms with E-state index in [2.05, 4.69) is 52.8 Å². The van der Waals surface area contributed by atoms with E-state index in [1.54, 1.807) is 6.92 Å². The summed E-state index contributed by atoms with van der Waals surface area (Å²) in [7, 11) is 0. The predicted molar refractivity (Wildman–Crippen MR) is 101 cm³/mol. The summed E-state index contributed by atoms with van der Waals surface area (Å²) in [6, 6.07) is 6.45. The number of nitrogens with zero attached hydrogens (tertiary/aromatic N) is 1. The second-order valence-corrected chi connectivity index (χ2v) is 7.15. The first-order valence-corrected chi connectivity index (χ1v) is 8.97. The van der Waals surface area contributed by atoms with E-state index < -0.39 is 0 Å². The zero-order chi connectivity index (χ0) is 17.6. The van der Waals surface area contributed by atoms with Crippen LogP contribution in [0.15, 0.2) is 23.2 Å². The van der Waals surface area contributed by atoms with Gasteiger partial charge in [-0.2, -0.15) is 0 Å². The van der Waals surface area contributed by atoms with Gasteiger partial charge < -0.3 is 0 Å². The summed E-state index contributed by atoms with van der Waals surface area (Å²) in [5.74, 6) is 1.03. The maximum absolute atomic E-state index is 12.0. The van der Waals surface area contributed by atoms with Gasteiger partial charge in [-0.3, -0.25) is 9.79 Å². The monoisotopic (exact) mass is 315 g/mol. The van der Waals surface area contributed by atoms with Crippen LogP contribution in [0.5, 0.6) is 0 Å². The summed E-state index contributed by atoms with van der Waals surface area (Å²) in [4.78, 5) is 17.0. The van der Waals surface area contributed by atoms with E-state index >= 15 is 0 Å². The summed E-state index contributed by atoms with van der Waals surface area (Å²) in [6.07, 6.45) is 3.08. The van der Waals surface area contributed by atoms with Gasteiger partial charge in [0.15, 0.2) is 0 Å². The van der Waals surface area contributed by atoms with Crippen LogP contribution in [-0.4, -0.2) is 11.5 Å². The molecule has 1 unspecified atom stereocenters. The molecule has 2 nitrogen and oxygen atoms in total. The topological polar surface area (TPSA) is 29.4 Å². The highest BCUT2D eigenvalue weighted by molar-refractivity contribution is 6.04. The van der Waals surface area contributed by atoms with Crippen LogP contribution in [0.25, 0.3) is 0 Å². The summed E-state index contributed by atoms with van der Waals surface area (Å²) in [5.41, 5.74) is 4.58. The molecule has 0 heterocycles. The Kier molecular flexibility index (Phi) is 7.67. The number of hydrogen-bond donors (Lipinski definition) is 0. The molecule has 0 amide bonds. The highest BCUT2D eigenvalue weighted by Crippen LogP contribution is 2.35. The Bertz CT molecular complexity index is 529. The van der Waals surface area contributed by atoms with Crippen LogP contribution in [0.4, 0.5) is 5.69 Å². The van der Waals surface area contributed by atoms with Gasteiger partial charge in [-0.05, 0) is 43.2 Å². The van der Waals surface area contributed by atoms with Gasteiger partial charge in [-0.25, -0.2) is 0 Å². The number of ketones is 1. The standard InChI is InChI=1S/C21H33NO/c1-8-9-11-20(17(7)23)16(6)22-21-18(14(2)3)12-10-13-19(21)15(4)5/h10,12-15,20H,8-9,11H2,1-7H3. The van der Waals surface area contributed by atoms with Crippen molar-refractivity contribution in [2.75, 3.05) is 0 Å². The van der Waals surface area contributed by atoms with E-state index in [1.165, 1.54) is 11.1 Å². The number of unbranched alkanes of at least 4 members (excludes halogenated alkanes) is 1. The Labute approximate surface area is 142 Å². The van der Waals surface area contributed by atoms with E-state index in [0.29, 0.717) is 11.8 Å². The van der Waals surface area contributed by atoms with Crippen molar-refractivity contribution in [3.63, 3.8) is 0 Å². The van der Waals surface area contributed by atoms with Gasteiger partial charge in [0, 0.05) is 5.71 Å². The summed E-state index contributed by atoms with van der Waals surface area (Å²) in [5, 5.41) is 0. The first kappa shape index (κ1) is 19.6. The number of carbonyl (C=O) groups is 1. The number of rotatable bonds is 8. The van der Waals surface area contributed by atoms with Crippen LogP contribution >= 0.6 is 0 Å². The molecule has 0 N–H and O–H groups in total. The average Bonchev–Trinajstić information content (AvgIpc) is 2.46. The van der Waals surface area contributed by atoms with Crippen molar-refractivity contribution < 1.29 is 4.79 Å². The van der Waals surface area contributed by atoms with Crippen molar-refractivity contribution in [2.24, 2.45) is 10.9 Å². The molecule has 2 heteroatoms. The van der Waals surface area contributed by atoms with Gasteiger partial charge in [0.2, 0.25) is 0 Å². The molecular weight excluding hydrogens is 282 g/mol. The van der Waals surface area contributed by atoms with Gasteiger partial charge in [0.25, 0.3) is 0 Å². The number of carbonyl (C=O) groups excluding carboxylic acids is 1. The molecule has 1 aromatic rings. The fourth-order valence-electron chi connectivity index (χ4n) is 3.01. The molecule has 1 atom stereocenters. The number of para-hydroxylation sites is 1. The van der Waals surface area contributed by atoms with Gasteiger partial charge in [-0.15, -0.1) is 0 Å². The van der Waals surface area contributed by atoms with E-state index in [1.807, 2.05) is 6.92 Å². The first-order chi connectivity index (χ1) is 10.8. The fourth-order valence-corrected chi connectivity index (χ4v) is 3.01. The lowest BCUT2D eigenvalue weighted by Gasteiger charge is -2.19. The lowest BCUT2D eigenvalue weighted by Crippen LogP contribution is -2.19. The largest absolute Gasteiger partial charge is 0.299 e. The molecule has 0 saturated carbocycles. The number of aliphatic imine (C=N–C) groups is 1. The van der Waals surface area contributed by atoms with Crippen LogP contribution in [0, 0.1) is 5.92 Å². The molecule has 1 rings (SSSR count). The van der Waals surface area contributed by atoms with Crippen molar-refractivity contribution in [2.45, 2.75) is 79.6 Å². The Hall–Kier alpha value is -1.44. The average molecular weight is 316 g/mol. The Morgan fingerprint density at radius 2 is 1.57 bits per heavy atom. The number of benzene rings is 1. The van der Waals surface area contributed by atoms with Crippen LogP contribution in [0.3, 0.4) is 0 Å². The molecular formula is C21H33NO. The molecule has 0 bridgehead atoms. The van der Waals surface area contributed by atoms with Gasteiger partial charge in [-0.1, -0.05) is 65.7 Å². The molecule has 1 aromatic carbocycles. The van der Waals surface area contributed by atoms with Crippen molar-refractivity contribution in [3.05, 3.63) is 29.3 Å². The molecule has 0 spiro atoms. The van der Waals surface area contributed by atoms with Gasteiger partial charge in [0.05, 0.1) is 11.6 Å². The Morgan fingerprint density at radius 1 is 1.04 bits per heavy atom. The summed E-state index contributed by atoms with van der Waals surface area (Å²) >= 11 is 0. The molecule has 0 aliphatic heterocycles. The molecule has 0 fully saturated rings. The Morgan fingerprint density at radius 3 is 1.96 bits per heavy atom. The molecule has 0 aliphatic carbocycles. The number of hydrogen-bond acceptors (Lipinski definition) is 2.